The van der Waals surface area contributed by atoms with Gasteiger partial charge in [0.1, 0.15) is 12.4 Å². The molecule has 0 aliphatic carbocycles. The number of nitrogens with one attached hydrogen (secondary N) is 1. The van der Waals surface area contributed by atoms with Gasteiger partial charge in [-0.25, -0.2) is 0 Å². The number of benzene rings is 1. The van der Waals surface area contributed by atoms with Gasteiger partial charge in [0, 0.05) is 6.04 Å². The Morgan fingerprint density at radius 3 is 2.33 bits per heavy atom. The minimum atomic E-state index is 0.399. The Morgan fingerprint density at radius 2 is 1.80 bits per heavy atom. The summed E-state index contributed by atoms with van der Waals surface area (Å²) >= 11 is 0. The van der Waals surface area contributed by atoms with E-state index in [0.29, 0.717) is 6.04 Å². The molecule has 0 aliphatic heterocycles. The molecular weight excluding hydrogens is 186 g/mol. The maximum atomic E-state index is 5.72. The quantitative estimate of drug-likeness (QED) is 0.801. The normalized spacial score (nSPS) is 12.5. The first-order valence-corrected chi connectivity index (χ1v) is 5.56. The minimum absolute atomic E-state index is 0.399. The molecule has 1 aromatic rings. The first kappa shape index (κ1) is 12.1. The highest BCUT2D eigenvalue weighted by molar-refractivity contribution is 5.32. The van der Waals surface area contributed by atoms with E-state index in [-0.39, 0.29) is 0 Å². The molecule has 0 radical (unpaired) electrons. The van der Waals surface area contributed by atoms with E-state index in [1.807, 2.05) is 0 Å². The molecule has 0 saturated heterocycles. The molecule has 0 heterocycles. The summed E-state index contributed by atoms with van der Waals surface area (Å²) in [6.45, 7) is 10.1. The Hall–Kier alpha value is -1.02. The molecule has 0 saturated carbocycles. The second-order valence-electron chi connectivity index (χ2n) is 4.09. The first-order valence-electron chi connectivity index (χ1n) is 5.56. The topological polar surface area (TPSA) is 21.3 Å². The Balaban J connectivity index is 2.50. The molecule has 0 aromatic heterocycles. The molecule has 1 N–H and O–H groups in total. The molecule has 2 heteroatoms. The average Bonchev–Trinajstić information content (AvgIpc) is 2.14. The predicted octanol–water partition coefficient (Wildman–Crippen LogP) is 2.68. The number of ether oxygens (including phenoxy) is 1. The van der Waals surface area contributed by atoms with Crippen LogP contribution in [0.15, 0.2) is 18.2 Å². The average molecular weight is 207 g/mol. The van der Waals surface area contributed by atoms with E-state index in [2.05, 4.69) is 51.2 Å². The highest BCUT2D eigenvalue weighted by Gasteiger charge is 2.01. The van der Waals surface area contributed by atoms with E-state index in [0.717, 1.165) is 18.9 Å². The van der Waals surface area contributed by atoms with Gasteiger partial charge in [-0.1, -0.05) is 13.0 Å². The monoisotopic (exact) mass is 207 g/mol. The maximum Gasteiger partial charge on any atom is 0.119 e. The van der Waals surface area contributed by atoms with Crippen LogP contribution in [0.1, 0.15) is 25.0 Å². The standard InChI is InChI=1S/C13H21NO/c1-5-14-12(4)9-15-13-7-10(2)6-11(3)8-13/h6-8,12,14H,5,9H2,1-4H3. The summed E-state index contributed by atoms with van der Waals surface area (Å²) < 4.78 is 5.72. The van der Waals surface area contributed by atoms with Crippen molar-refractivity contribution in [2.24, 2.45) is 0 Å². The molecule has 0 bridgehead atoms. The van der Waals surface area contributed by atoms with Crippen LogP contribution in [0.4, 0.5) is 0 Å². The lowest BCUT2D eigenvalue weighted by atomic mass is 10.1. The van der Waals surface area contributed by atoms with Crippen LogP contribution in [0.2, 0.25) is 0 Å². The molecule has 84 valence electrons. The SMILES string of the molecule is CCNC(C)COc1cc(C)cc(C)c1. The second-order valence-corrected chi connectivity index (χ2v) is 4.09. The van der Waals surface area contributed by atoms with Crippen LogP contribution < -0.4 is 10.1 Å². The van der Waals surface area contributed by atoms with Gasteiger partial charge in [0.15, 0.2) is 0 Å². The molecule has 1 unspecified atom stereocenters. The first-order chi connectivity index (χ1) is 7.11. The molecule has 0 spiro atoms. The van der Waals surface area contributed by atoms with Crippen molar-refractivity contribution in [3.05, 3.63) is 29.3 Å². The van der Waals surface area contributed by atoms with Crippen molar-refractivity contribution >= 4 is 0 Å². The molecule has 0 amide bonds. The zero-order valence-corrected chi connectivity index (χ0v) is 10.1. The van der Waals surface area contributed by atoms with Gasteiger partial charge in [0.2, 0.25) is 0 Å². The summed E-state index contributed by atoms with van der Waals surface area (Å²) in [5, 5.41) is 3.32. The van der Waals surface area contributed by atoms with Crippen molar-refractivity contribution in [2.45, 2.75) is 33.7 Å². The molecule has 1 aromatic carbocycles. The lowest BCUT2D eigenvalue weighted by Crippen LogP contribution is -2.31. The summed E-state index contributed by atoms with van der Waals surface area (Å²) in [5.74, 6) is 0.970. The summed E-state index contributed by atoms with van der Waals surface area (Å²) in [6, 6.07) is 6.70. The Kier molecular flexibility index (Phi) is 4.63. The summed E-state index contributed by atoms with van der Waals surface area (Å²) in [7, 11) is 0. The van der Waals surface area contributed by atoms with Crippen LogP contribution in [-0.2, 0) is 0 Å². The molecule has 1 rings (SSSR count). The molecule has 15 heavy (non-hydrogen) atoms. The lowest BCUT2D eigenvalue weighted by molar-refractivity contribution is 0.275. The third-order valence-corrected chi connectivity index (χ3v) is 2.25. The highest BCUT2D eigenvalue weighted by Crippen LogP contribution is 2.16. The molecule has 1 atom stereocenters. The van der Waals surface area contributed by atoms with Crippen LogP contribution in [-0.4, -0.2) is 19.2 Å². The number of rotatable bonds is 5. The summed E-state index contributed by atoms with van der Waals surface area (Å²) in [6.07, 6.45) is 0. The Morgan fingerprint density at radius 1 is 1.20 bits per heavy atom. The van der Waals surface area contributed by atoms with Gasteiger partial charge in [0.25, 0.3) is 0 Å². The van der Waals surface area contributed by atoms with E-state index < -0.39 is 0 Å². The second kappa shape index (κ2) is 5.76. The van der Waals surface area contributed by atoms with Gasteiger partial charge in [-0.3, -0.25) is 0 Å². The van der Waals surface area contributed by atoms with Gasteiger partial charge < -0.3 is 10.1 Å². The van der Waals surface area contributed by atoms with Crippen molar-refractivity contribution in [2.75, 3.05) is 13.2 Å². The Bertz CT molecular complexity index is 289. The third kappa shape index (κ3) is 4.34. The molecular formula is C13H21NO. The fourth-order valence-electron chi connectivity index (χ4n) is 1.64. The van der Waals surface area contributed by atoms with E-state index in [4.69, 9.17) is 4.74 Å². The maximum absolute atomic E-state index is 5.72. The van der Waals surface area contributed by atoms with Crippen molar-refractivity contribution < 1.29 is 4.74 Å². The van der Waals surface area contributed by atoms with Gasteiger partial charge >= 0.3 is 0 Å². The number of hydrogen-bond donors (Lipinski definition) is 1. The van der Waals surface area contributed by atoms with Crippen LogP contribution in [0.25, 0.3) is 0 Å². The summed E-state index contributed by atoms with van der Waals surface area (Å²) in [4.78, 5) is 0. The molecule has 2 nitrogen and oxygen atoms in total. The van der Waals surface area contributed by atoms with Crippen molar-refractivity contribution in [1.82, 2.24) is 5.32 Å². The van der Waals surface area contributed by atoms with E-state index in [1.165, 1.54) is 11.1 Å². The van der Waals surface area contributed by atoms with Crippen LogP contribution in [0.5, 0.6) is 5.75 Å². The van der Waals surface area contributed by atoms with Crippen molar-refractivity contribution in [1.29, 1.82) is 0 Å². The molecule has 0 aliphatic rings. The fourth-order valence-corrected chi connectivity index (χ4v) is 1.64. The van der Waals surface area contributed by atoms with Crippen LogP contribution >= 0.6 is 0 Å². The molecule has 0 fully saturated rings. The number of hydrogen-bond acceptors (Lipinski definition) is 2. The van der Waals surface area contributed by atoms with E-state index in [1.54, 1.807) is 0 Å². The number of likely N-dealkylation sites (N-methyl/N-ethyl adjacent to an activating group) is 1. The van der Waals surface area contributed by atoms with Crippen molar-refractivity contribution in [3.8, 4) is 5.75 Å². The fraction of sp³-hybridized carbons (Fsp3) is 0.538. The van der Waals surface area contributed by atoms with Crippen LogP contribution in [0.3, 0.4) is 0 Å². The van der Waals surface area contributed by atoms with Gasteiger partial charge in [0.05, 0.1) is 0 Å². The van der Waals surface area contributed by atoms with Gasteiger partial charge in [-0.15, -0.1) is 0 Å². The lowest BCUT2D eigenvalue weighted by Gasteiger charge is -2.14. The number of aryl methyl sites for hydroxylation is 2. The van der Waals surface area contributed by atoms with E-state index in [9.17, 15) is 0 Å². The van der Waals surface area contributed by atoms with Crippen LogP contribution in [0, 0.1) is 13.8 Å². The zero-order chi connectivity index (χ0) is 11.3. The summed E-state index contributed by atoms with van der Waals surface area (Å²) in [5.41, 5.74) is 2.50. The Labute approximate surface area is 92.6 Å². The van der Waals surface area contributed by atoms with E-state index >= 15 is 0 Å². The minimum Gasteiger partial charge on any atom is -0.492 e. The largest absolute Gasteiger partial charge is 0.492 e. The van der Waals surface area contributed by atoms with Gasteiger partial charge in [-0.05, 0) is 50.6 Å². The smallest absolute Gasteiger partial charge is 0.119 e. The predicted molar refractivity (Wildman–Crippen MR) is 64.5 cm³/mol. The highest BCUT2D eigenvalue weighted by atomic mass is 16.5. The zero-order valence-electron chi connectivity index (χ0n) is 10.1. The van der Waals surface area contributed by atoms with Crippen molar-refractivity contribution in [3.63, 3.8) is 0 Å². The van der Waals surface area contributed by atoms with Gasteiger partial charge in [-0.2, -0.15) is 0 Å². The third-order valence-electron chi connectivity index (χ3n) is 2.25.